The molecule has 0 aromatic heterocycles. The van der Waals surface area contributed by atoms with Gasteiger partial charge in [0.25, 0.3) is 10.0 Å². The van der Waals surface area contributed by atoms with Crippen molar-refractivity contribution < 1.29 is 13.2 Å². The zero-order chi connectivity index (χ0) is 16.2. The molecule has 0 unspecified atom stereocenters. The Morgan fingerprint density at radius 3 is 2.36 bits per heavy atom. The number of nitrogens with zero attached hydrogens (tertiary/aromatic N) is 1. The first kappa shape index (κ1) is 16.6. The van der Waals surface area contributed by atoms with Crippen LogP contribution in [0, 0.1) is 0 Å². The predicted molar refractivity (Wildman–Crippen MR) is 89.3 cm³/mol. The van der Waals surface area contributed by atoms with Crippen LogP contribution in [-0.4, -0.2) is 21.6 Å². The van der Waals surface area contributed by atoms with Crippen molar-refractivity contribution in [3.63, 3.8) is 0 Å². The van der Waals surface area contributed by atoms with Gasteiger partial charge < -0.3 is 4.74 Å². The summed E-state index contributed by atoms with van der Waals surface area (Å²) in [7, 11) is -3.67. The van der Waals surface area contributed by atoms with E-state index in [9.17, 15) is 8.42 Å². The fourth-order valence-corrected chi connectivity index (χ4v) is 3.78. The van der Waals surface area contributed by atoms with Crippen molar-refractivity contribution in [2.24, 2.45) is 0 Å². The number of halogens is 1. The van der Waals surface area contributed by atoms with E-state index in [1.54, 1.807) is 31.2 Å². The van der Waals surface area contributed by atoms with Gasteiger partial charge in [0.15, 0.2) is 0 Å². The summed E-state index contributed by atoms with van der Waals surface area (Å²) in [4.78, 5) is 0.158. The second-order valence-electron chi connectivity index (χ2n) is 4.53. The molecule has 0 N–H and O–H groups in total. The minimum absolute atomic E-state index is 0.158. The van der Waals surface area contributed by atoms with Gasteiger partial charge in [-0.25, -0.2) is 8.42 Å². The number of ether oxygens (including phenoxy) is 1. The molecule has 0 atom stereocenters. The maximum atomic E-state index is 12.9. The van der Waals surface area contributed by atoms with Gasteiger partial charge in [-0.2, -0.15) is 0 Å². The number of anilines is 1. The van der Waals surface area contributed by atoms with E-state index in [0.29, 0.717) is 29.6 Å². The summed E-state index contributed by atoms with van der Waals surface area (Å²) in [6, 6.07) is 13.5. The van der Waals surface area contributed by atoms with Crippen LogP contribution in [0.4, 0.5) is 5.69 Å². The average Bonchev–Trinajstić information content (AvgIpc) is 2.51. The smallest absolute Gasteiger partial charge is 0.264 e. The van der Waals surface area contributed by atoms with Gasteiger partial charge >= 0.3 is 0 Å². The Kier molecular flexibility index (Phi) is 5.32. The molecule has 0 saturated heterocycles. The summed E-state index contributed by atoms with van der Waals surface area (Å²) in [5, 5.41) is 0.392. The lowest BCUT2D eigenvalue weighted by Gasteiger charge is -2.23. The molecule has 2 aromatic rings. The molecule has 6 heteroatoms. The Morgan fingerprint density at radius 2 is 1.77 bits per heavy atom. The predicted octanol–water partition coefficient (Wildman–Crippen LogP) is 3.95. The third kappa shape index (κ3) is 3.36. The van der Waals surface area contributed by atoms with Crippen LogP contribution >= 0.6 is 11.6 Å². The van der Waals surface area contributed by atoms with Gasteiger partial charge in [0.2, 0.25) is 0 Å². The van der Waals surface area contributed by atoms with Crippen LogP contribution in [0.5, 0.6) is 5.75 Å². The van der Waals surface area contributed by atoms with E-state index in [-0.39, 0.29) is 4.90 Å². The van der Waals surface area contributed by atoms with Crippen molar-refractivity contribution in [2.75, 3.05) is 17.5 Å². The molecular formula is C16H18ClNO3S. The molecule has 22 heavy (non-hydrogen) atoms. The van der Waals surface area contributed by atoms with Gasteiger partial charge in [0, 0.05) is 12.6 Å². The second-order valence-corrected chi connectivity index (χ2v) is 6.80. The Balaban J connectivity index is 2.47. The van der Waals surface area contributed by atoms with Crippen LogP contribution in [0.2, 0.25) is 5.02 Å². The molecule has 0 aliphatic rings. The quantitative estimate of drug-likeness (QED) is 0.800. The number of hydrogen-bond donors (Lipinski definition) is 0. The highest BCUT2D eigenvalue weighted by Crippen LogP contribution is 2.30. The van der Waals surface area contributed by atoms with E-state index in [4.69, 9.17) is 16.3 Å². The van der Waals surface area contributed by atoms with Crippen LogP contribution in [0.25, 0.3) is 0 Å². The molecule has 4 nitrogen and oxygen atoms in total. The first-order valence-corrected chi connectivity index (χ1v) is 8.82. The fraction of sp³-hybridized carbons (Fsp3) is 0.250. The van der Waals surface area contributed by atoms with Crippen LogP contribution in [0.3, 0.4) is 0 Å². The van der Waals surface area contributed by atoms with E-state index in [1.165, 1.54) is 22.5 Å². The van der Waals surface area contributed by atoms with Crippen molar-refractivity contribution in [1.29, 1.82) is 0 Å². The molecule has 0 radical (unpaired) electrons. The van der Waals surface area contributed by atoms with Crippen LogP contribution in [-0.2, 0) is 10.0 Å². The first-order valence-electron chi connectivity index (χ1n) is 7.00. The average molecular weight is 340 g/mol. The van der Waals surface area contributed by atoms with Gasteiger partial charge in [-0.15, -0.1) is 0 Å². The zero-order valence-electron chi connectivity index (χ0n) is 12.5. The Morgan fingerprint density at radius 1 is 1.09 bits per heavy atom. The fourth-order valence-electron chi connectivity index (χ4n) is 2.12. The van der Waals surface area contributed by atoms with Crippen LogP contribution in [0.15, 0.2) is 53.4 Å². The van der Waals surface area contributed by atoms with Crippen LogP contribution < -0.4 is 9.04 Å². The normalized spacial score (nSPS) is 11.2. The van der Waals surface area contributed by atoms with Gasteiger partial charge in [-0.1, -0.05) is 29.8 Å². The zero-order valence-corrected chi connectivity index (χ0v) is 14.1. The molecule has 0 spiro atoms. The summed E-state index contributed by atoms with van der Waals surface area (Å²) < 4.78 is 32.4. The highest BCUT2D eigenvalue weighted by atomic mass is 35.5. The number of sulfonamides is 1. The SMILES string of the molecule is CCOc1cc(S(=O)(=O)N(CC)c2ccccc2)ccc1Cl. The molecule has 0 aliphatic carbocycles. The van der Waals surface area contributed by atoms with Crippen molar-refractivity contribution >= 4 is 27.3 Å². The lowest BCUT2D eigenvalue weighted by molar-refractivity contribution is 0.339. The Labute approximate surface area is 136 Å². The first-order chi connectivity index (χ1) is 10.5. The maximum absolute atomic E-state index is 12.9. The molecule has 2 aromatic carbocycles. The third-order valence-corrected chi connectivity index (χ3v) is 5.33. The number of hydrogen-bond acceptors (Lipinski definition) is 3. The van der Waals surface area contributed by atoms with Gasteiger partial charge in [-0.3, -0.25) is 4.31 Å². The van der Waals surface area contributed by atoms with E-state index < -0.39 is 10.0 Å². The standard InChI is InChI=1S/C16H18ClNO3S/c1-3-18(13-8-6-5-7-9-13)22(19,20)14-10-11-15(17)16(12-14)21-4-2/h5-12H,3-4H2,1-2H3. The van der Waals surface area contributed by atoms with E-state index in [1.807, 2.05) is 13.0 Å². The summed E-state index contributed by atoms with van der Waals surface area (Å²) in [5.41, 5.74) is 0.623. The molecule has 0 amide bonds. The van der Waals surface area contributed by atoms with Crippen molar-refractivity contribution in [3.8, 4) is 5.75 Å². The van der Waals surface area contributed by atoms with E-state index in [0.717, 1.165) is 0 Å². The Hall–Kier alpha value is -1.72. The van der Waals surface area contributed by atoms with Crippen molar-refractivity contribution in [2.45, 2.75) is 18.7 Å². The molecule has 0 heterocycles. The highest BCUT2D eigenvalue weighted by molar-refractivity contribution is 7.92. The number of rotatable bonds is 6. The van der Waals surface area contributed by atoms with E-state index >= 15 is 0 Å². The van der Waals surface area contributed by atoms with Gasteiger partial charge in [0.1, 0.15) is 5.75 Å². The van der Waals surface area contributed by atoms with E-state index in [2.05, 4.69) is 0 Å². The Bertz CT molecular complexity index is 732. The minimum Gasteiger partial charge on any atom is -0.492 e. The van der Waals surface area contributed by atoms with Crippen molar-refractivity contribution in [3.05, 3.63) is 53.6 Å². The summed E-state index contributed by atoms with van der Waals surface area (Å²) in [6.45, 7) is 4.36. The summed E-state index contributed by atoms with van der Waals surface area (Å²) >= 11 is 6.02. The molecular weight excluding hydrogens is 322 g/mol. The summed E-state index contributed by atoms with van der Waals surface area (Å²) in [6.07, 6.45) is 0. The van der Waals surface area contributed by atoms with Gasteiger partial charge in [-0.05, 0) is 38.1 Å². The lowest BCUT2D eigenvalue weighted by Crippen LogP contribution is -2.30. The molecule has 0 aliphatic heterocycles. The molecule has 118 valence electrons. The monoisotopic (exact) mass is 339 g/mol. The molecule has 0 bridgehead atoms. The van der Waals surface area contributed by atoms with Crippen LogP contribution in [0.1, 0.15) is 13.8 Å². The minimum atomic E-state index is -3.67. The van der Waals surface area contributed by atoms with Gasteiger partial charge in [0.05, 0.1) is 22.2 Å². The third-order valence-electron chi connectivity index (χ3n) is 3.12. The topological polar surface area (TPSA) is 46.6 Å². The molecule has 0 saturated carbocycles. The molecule has 0 fully saturated rings. The number of para-hydroxylation sites is 1. The largest absolute Gasteiger partial charge is 0.492 e. The summed E-state index contributed by atoms with van der Waals surface area (Å²) in [5.74, 6) is 0.370. The van der Waals surface area contributed by atoms with Crippen molar-refractivity contribution in [1.82, 2.24) is 0 Å². The molecule has 2 rings (SSSR count). The number of benzene rings is 2. The lowest BCUT2D eigenvalue weighted by atomic mass is 10.3. The highest BCUT2D eigenvalue weighted by Gasteiger charge is 2.24. The second kappa shape index (κ2) is 7.03. The maximum Gasteiger partial charge on any atom is 0.264 e.